The molecular formula is C17H29NO4Si. The lowest BCUT2D eigenvalue weighted by Gasteiger charge is -2.37. The number of rotatable bonds is 7. The highest BCUT2D eigenvalue weighted by atomic mass is 28.4. The van der Waals surface area contributed by atoms with Gasteiger partial charge in [0.1, 0.15) is 6.61 Å². The summed E-state index contributed by atoms with van der Waals surface area (Å²) in [6.07, 6.45) is -0.549. The number of carbonyl (C=O) groups excluding carboxylic acids is 1. The van der Waals surface area contributed by atoms with Crippen molar-refractivity contribution in [2.24, 2.45) is 0 Å². The van der Waals surface area contributed by atoms with Gasteiger partial charge in [0.05, 0.1) is 19.3 Å². The predicted octanol–water partition coefficient (Wildman–Crippen LogP) is 3.30. The SMILES string of the molecule is CC(C)(C)[Si](C)(C)OC[C@H](CO)NC(=O)OCc1ccccc1. The van der Waals surface area contributed by atoms with Crippen LogP contribution in [0.4, 0.5) is 4.79 Å². The molecule has 0 saturated heterocycles. The molecule has 1 aromatic carbocycles. The lowest BCUT2D eigenvalue weighted by Crippen LogP contribution is -2.47. The molecule has 0 bridgehead atoms. The number of ether oxygens (including phenoxy) is 1. The summed E-state index contributed by atoms with van der Waals surface area (Å²) in [5.41, 5.74) is 0.917. The normalized spacial score (nSPS) is 13.5. The van der Waals surface area contributed by atoms with Crippen LogP contribution in [0.3, 0.4) is 0 Å². The second kappa shape index (κ2) is 8.47. The van der Waals surface area contributed by atoms with Crippen LogP contribution in [0.25, 0.3) is 0 Å². The zero-order valence-corrected chi connectivity index (χ0v) is 15.8. The van der Waals surface area contributed by atoms with Crippen molar-refractivity contribution in [3.8, 4) is 0 Å². The fourth-order valence-electron chi connectivity index (χ4n) is 1.60. The molecule has 1 amide bonds. The van der Waals surface area contributed by atoms with E-state index in [0.29, 0.717) is 0 Å². The standard InChI is InChI=1S/C17H29NO4Si/c1-17(2,3)23(4,5)22-13-15(11-19)18-16(20)21-12-14-9-7-6-8-10-14/h6-10,15,19H,11-13H2,1-5H3,(H,18,20)/t15-/m0/s1. The highest BCUT2D eigenvalue weighted by Crippen LogP contribution is 2.36. The highest BCUT2D eigenvalue weighted by Gasteiger charge is 2.37. The van der Waals surface area contributed by atoms with Gasteiger partial charge in [-0.1, -0.05) is 51.1 Å². The largest absolute Gasteiger partial charge is 0.445 e. The van der Waals surface area contributed by atoms with Gasteiger partial charge in [-0.3, -0.25) is 0 Å². The second-order valence-corrected chi connectivity index (χ2v) is 12.0. The number of nitrogens with one attached hydrogen (secondary N) is 1. The third-order valence-corrected chi connectivity index (χ3v) is 8.71. The van der Waals surface area contributed by atoms with Crippen LogP contribution in [0.1, 0.15) is 26.3 Å². The van der Waals surface area contributed by atoms with Gasteiger partial charge in [-0.2, -0.15) is 0 Å². The molecule has 0 spiro atoms. The number of hydrogen-bond donors (Lipinski definition) is 2. The van der Waals surface area contributed by atoms with E-state index < -0.39 is 20.5 Å². The molecule has 0 aliphatic heterocycles. The van der Waals surface area contributed by atoms with Gasteiger partial charge in [0.25, 0.3) is 0 Å². The minimum atomic E-state index is -1.91. The minimum absolute atomic E-state index is 0.0842. The maximum absolute atomic E-state index is 11.8. The third-order valence-electron chi connectivity index (χ3n) is 4.21. The van der Waals surface area contributed by atoms with Crippen molar-refractivity contribution in [3.63, 3.8) is 0 Å². The van der Waals surface area contributed by atoms with Gasteiger partial charge in [-0.05, 0) is 23.7 Å². The van der Waals surface area contributed by atoms with E-state index in [2.05, 4.69) is 39.2 Å². The smallest absolute Gasteiger partial charge is 0.407 e. The van der Waals surface area contributed by atoms with Crippen LogP contribution in [-0.2, 0) is 15.8 Å². The van der Waals surface area contributed by atoms with Gasteiger partial charge in [0.2, 0.25) is 0 Å². The molecule has 0 saturated carbocycles. The number of aliphatic hydroxyl groups is 1. The van der Waals surface area contributed by atoms with Crippen LogP contribution >= 0.6 is 0 Å². The van der Waals surface area contributed by atoms with Crippen LogP contribution in [0.15, 0.2) is 30.3 Å². The van der Waals surface area contributed by atoms with Gasteiger partial charge in [-0.15, -0.1) is 0 Å². The van der Waals surface area contributed by atoms with E-state index in [0.717, 1.165) is 5.56 Å². The number of aliphatic hydroxyl groups excluding tert-OH is 1. The number of benzene rings is 1. The fraction of sp³-hybridized carbons (Fsp3) is 0.588. The quantitative estimate of drug-likeness (QED) is 0.748. The third kappa shape index (κ3) is 6.72. The molecule has 130 valence electrons. The number of amides is 1. The lowest BCUT2D eigenvalue weighted by molar-refractivity contribution is 0.118. The van der Waals surface area contributed by atoms with Crippen LogP contribution in [-0.4, -0.2) is 38.8 Å². The molecule has 0 aromatic heterocycles. The molecule has 6 heteroatoms. The lowest BCUT2D eigenvalue weighted by atomic mass is 10.2. The number of carbonyl (C=O) groups is 1. The molecule has 0 aliphatic rings. The van der Waals surface area contributed by atoms with Crippen molar-refractivity contribution in [1.82, 2.24) is 5.32 Å². The summed E-state index contributed by atoms with van der Waals surface area (Å²) in [5.74, 6) is 0. The topological polar surface area (TPSA) is 67.8 Å². The molecule has 0 unspecified atom stereocenters. The van der Waals surface area contributed by atoms with Gasteiger partial charge in [0, 0.05) is 0 Å². The average molecular weight is 340 g/mol. The maximum atomic E-state index is 11.8. The monoisotopic (exact) mass is 339 g/mol. The Balaban J connectivity index is 2.42. The summed E-state index contributed by atoms with van der Waals surface area (Å²) in [7, 11) is -1.91. The zero-order valence-electron chi connectivity index (χ0n) is 14.8. The van der Waals surface area contributed by atoms with E-state index in [1.54, 1.807) is 0 Å². The van der Waals surface area contributed by atoms with Gasteiger partial charge in [-0.25, -0.2) is 4.79 Å². The Hall–Kier alpha value is -1.37. The average Bonchev–Trinajstić information content (AvgIpc) is 2.49. The van der Waals surface area contributed by atoms with Crippen LogP contribution in [0, 0.1) is 0 Å². The molecular weight excluding hydrogens is 310 g/mol. The number of alkyl carbamates (subject to hydrolysis) is 1. The van der Waals surface area contributed by atoms with Gasteiger partial charge in [0.15, 0.2) is 8.32 Å². The summed E-state index contributed by atoms with van der Waals surface area (Å²) in [5, 5.41) is 12.2. The first-order valence-corrected chi connectivity index (χ1v) is 10.8. The van der Waals surface area contributed by atoms with Crippen molar-refractivity contribution >= 4 is 14.4 Å². The maximum Gasteiger partial charge on any atom is 0.407 e. The van der Waals surface area contributed by atoms with Crippen molar-refractivity contribution in [2.75, 3.05) is 13.2 Å². The Morgan fingerprint density at radius 2 is 1.87 bits per heavy atom. The molecule has 1 atom stereocenters. The van der Waals surface area contributed by atoms with E-state index in [-0.39, 0.29) is 24.9 Å². The first kappa shape index (κ1) is 19.7. The summed E-state index contributed by atoms with van der Waals surface area (Å²) in [4.78, 5) is 11.8. The van der Waals surface area contributed by atoms with Crippen molar-refractivity contribution < 1.29 is 19.1 Å². The van der Waals surface area contributed by atoms with Gasteiger partial charge >= 0.3 is 6.09 Å². The summed E-state index contributed by atoms with van der Waals surface area (Å²) in [6.45, 7) is 11.0. The summed E-state index contributed by atoms with van der Waals surface area (Å²) >= 11 is 0. The van der Waals surface area contributed by atoms with Gasteiger partial charge < -0.3 is 19.6 Å². The summed E-state index contributed by atoms with van der Waals surface area (Å²) < 4.78 is 11.2. The fourth-order valence-corrected chi connectivity index (χ4v) is 2.65. The van der Waals surface area contributed by atoms with Crippen LogP contribution in [0.5, 0.6) is 0 Å². The minimum Gasteiger partial charge on any atom is -0.445 e. The molecule has 0 fully saturated rings. The molecule has 0 radical (unpaired) electrons. The zero-order chi connectivity index (χ0) is 17.5. The van der Waals surface area contributed by atoms with Crippen molar-refractivity contribution in [1.29, 1.82) is 0 Å². The first-order valence-electron chi connectivity index (χ1n) is 7.88. The van der Waals surface area contributed by atoms with Crippen LogP contribution < -0.4 is 5.32 Å². The Labute approximate surface area is 140 Å². The van der Waals surface area contributed by atoms with Crippen molar-refractivity contribution in [2.45, 2.75) is 51.6 Å². The van der Waals surface area contributed by atoms with E-state index >= 15 is 0 Å². The molecule has 23 heavy (non-hydrogen) atoms. The highest BCUT2D eigenvalue weighted by molar-refractivity contribution is 6.74. The number of hydrogen-bond acceptors (Lipinski definition) is 4. The van der Waals surface area contributed by atoms with E-state index in [4.69, 9.17) is 9.16 Å². The van der Waals surface area contributed by atoms with Crippen molar-refractivity contribution in [3.05, 3.63) is 35.9 Å². The molecule has 0 heterocycles. The molecule has 1 rings (SSSR count). The Morgan fingerprint density at radius 1 is 1.26 bits per heavy atom. The first-order chi connectivity index (χ1) is 10.7. The van der Waals surface area contributed by atoms with E-state index in [1.165, 1.54) is 0 Å². The van der Waals surface area contributed by atoms with Crippen LogP contribution in [0.2, 0.25) is 18.1 Å². The Bertz CT molecular complexity index is 485. The second-order valence-electron chi connectivity index (χ2n) is 7.16. The van der Waals surface area contributed by atoms with E-state index in [9.17, 15) is 9.90 Å². The van der Waals surface area contributed by atoms with E-state index in [1.807, 2.05) is 30.3 Å². The predicted molar refractivity (Wildman–Crippen MR) is 93.8 cm³/mol. The molecule has 2 N–H and O–H groups in total. The molecule has 1 aromatic rings. The Morgan fingerprint density at radius 3 is 2.39 bits per heavy atom. The molecule has 0 aliphatic carbocycles. The molecule has 5 nitrogen and oxygen atoms in total. The summed E-state index contributed by atoms with van der Waals surface area (Å²) in [6, 6.07) is 8.99. The Kier molecular flexibility index (Phi) is 7.25.